The first-order valence-electron chi connectivity index (χ1n) is 12.2. The normalized spacial score (nSPS) is 22.5. The van der Waals surface area contributed by atoms with Gasteiger partial charge in [0, 0.05) is 36.7 Å². The highest BCUT2D eigenvalue weighted by Gasteiger charge is 2.49. The molecule has 2 aliphatic rings. The van der Waals surface area contributed by atoms with Crippen molar-refractivity contribution in [2.75, 3.05) is 33.4 Å². The highest BCUT2D eigenvalue weighted by molar-refractivity contribution is 5.94. The lowest BCUT2D eigenvalue weighted by Gasteiger charge is -2.57. The molecule has 2 fully saturated rings. The number of benzene rings is 3. The lowest BCUT2D eigenvalue weighted by atomic mass is 9.74. The molecule has 0 bridgehead atoms. The van der Waals surface area contributed by atoms with E-state index in [-0.39, 0.29) is 36.3 Å². The molecule has 0 saturated carbocycles. The molecular weight excluding hydrogens is 443 g/mol. The lowest BCUT2D eigenvalue weighted by molar-refractivity contribution is -0.0606. The van der Waals surface area contributed by atoms with Crippen molar-refractivity contribution in [3.63, 3.8) is 0 Å². The van der Waals surface area contributed by atoms with E-state index in [2.05, 4.69) is 35.2 Å². The summed E-state index contributed by atoms with van der Waals surface area (Å²) in [5.74, 6) is 0.553. The second-order valence-corrected chi connectivity index (χ2v) is 9.40. The van der Waals surface area contributed by atoms with Crippen molar-refractivity contribution >= 4 is 5.91 Å². The van der Waals surface area contributed by atoms with Gasteiger partial charge in [-0.3, -0.25) is 9.69 Å². The molecule has 1 amide bonds. The quantitative estimate of drug-likeness (QED) is 0.589. The van der Waals surface area contributed by atoms with Crippen LogP contribution in [0.15, 0.2) is 72.8 Å². The standard InChI is InChI=1S/C29H31FN2O3/c1-35-25-6-4-5-23(17-25)20-7-9-21(10-8-20)28-26-18-31(15-2-3-16-32(26)27(28)19-33)29(34)22-11-13-24(30)14-12-22/h4-14,17,26-28,33H,2-3,15-16,18-19H2,1H3/t26-,27-,28-/m0/s1. The van der Waals surface area contributed by atoms with E-state index in [4.69, 9.17) is 4.74 Å². The molecule has 2 heterocycles. The Kier molecular flexibility index (Phi) is 6.84. The molecule has 6 heteroatoms. The number of hydrogen-bond donors (Lipinski definition) is 1. The maximum Gasteiger partial charge on any atom is 0.253 e. The molecule has 35 heavy (non-hydrogen) atoms. The van der Waals surface area contributed by atoms with Crippen LogP contribution in [0.1, 0.15) is 34.7 Å². The minimum absolute atomic E-state index is 0.0449. The van der Waals surface area contributed by atoms with Crippen LogP contribution in [0.3, 0.4) is 0 Å². The van der Waals surface area contributed by atoms with Gasteiger partial charge in [0.05, 0.1) is 13.7 Å². The topological polar surface area (TPSA) is 53.0 Å². The van der Waals surface area contributed by atoms with Crippen LogP contribution in [0, 0.1) is 5.82 Å². The van der Waals surface area contributed by atoms with Crippen molar-refractivity contribution in [2.24, 2.45) is 0 Å². The van der Waals surface area contributed by atoms with Crippen LogP contribution in [0.25, 0.3) is 11.1 Å². The summed E-state index contributed by atoms with van der Waals surface area (Å²) in [5, 5.41) is 10.2. The maximum atomic E-state index is 13.4. The summed E-state index contributed by atoms with van der Waals surface area (Å²) in [5.41, 5.74) is 3.88. The highest BCUT2D eigenvalue weighted by Crippen LogP contribution is 2.42. The van der Waals surface area contributed by atoms with Crippen molar-refractivity contribution in [3.8, 4) is 16.9 Å². The van der Waals surface area contributed by atoms with E-state index in [9.17, 15) is 14.3 Å². The van der Waals surface area contributed by atoms with Gasteiger partial charge in [0.1, 0.15) is 11.6 Å². The van der Waals surface area contributed by atoms with E-state index in [1.54, 1.807) is 19.2 Å². The number of fused-ring (bicyclic) bond motifs is 1. The molecule has 5 nitrogen and oxygen atoms in total. The van der Waals surface area contributed by atoms with E-state index in [0.29, 0.717) is 18.7 Å². The molecule has 0 unspecified atom stereocenters. The molecule has 182 valence electrons. The summed E-state index contributed by atoms with van der Waals surface area (Å²) in [4.78, 5) is 17.5. The zero-order valence-electron chi connectivity index (χ0n) is 19.9. The predicted octanol–water partition coefficient (Wildman–Crippen LogP) is 4.57. The number of ether oxygens (including phenoxy) is 1. The Morgan fingerprint density at radius 1 is 1.00 bits per heavy atom. The van der Waals surface area contributed by atoms with Gasteiger partial charge in [0.15, 0.2) is 0 Å². The minimum Gasteiger partial charge on any atom is -0.497 e. The average Bonchev–Trinajstić information content (AvgIpc) is 2.88. The maximum absolute atomic E-state index is 13.4. The number of carbonyl (C=O) groups excluding carboxylic acids is 1. The van der Waals surface area contributed by atoms with E-state index < -0.39 is 0 Å². The molecule has 3 atom stereocenters. The second kappa shape index (κ2) is 10.2. The predicted molar refractivity (Wildman–Crippen MR) is 134 cm³/mol. The number of carbonyl (C=O) groups is 1. The Balaban J connectivity index is 1.38. The lowest BCUT2D eigenvalue weighted by Crippen LogP contribution is -2.67. The fraction of sp³-hybridized carbons (Fsp3) is 0.345. The number of rotatable bonds is 5. The molecule has 0 aromatic heterocycles. The average molecular weight is 475 g/mol. The smallest absolute Gasteiger partial charge is 0.253 e. The summed E-state index contributed by atoms with van der Waals surface area (Å²) in [6.07, 6.45) is 1.88. The van der Waals surface area contributed by atoms with Gasteiger partial charge in [0.25, 0.3) is 5.91 Å². The number of hydrogen-bond acceptors (Lipinski definition) is 4. The SMILES string of the molecule is COc1cccc(-c2ccc([C@@H]3[C@H](CO)N4CCCCN(C(=O)c5ccc(F)cc5)C[C@@H]34)cc2)c1. The van der Waals surface area contributed by atoms with E-state index in [0.717, 1.165) is 36.3 Å². The van der Waals surface area contributed by atoms with Gasteiger partial charge in [-0.05, 0) is 72.5 Å². The summed E-state index contributed by atoms with van der Waals surface area (Å²) in [7, 11) is 1.67. The van der Waals surface area contributed by atoms with Crippen molar-refractivity contribution in [1.29, 1.82) is 0 Å². The number of amides is 1. The Morgan fingerprint density at radius 3 is 2.46 bits per heavy atom. The zero-order valence-corrected chi connectivity index (χ0v) is 19.9. The van der Waals surface area contributed by atoms with Crippen LogP contribution in [0.5, 0.6) is 5.75 Å². The number of nitrogens with zero attached hydrogens (tertiary/aromatic N) is 2. The summed E-state index contributed by atoms with van der Waals surface area (Å²) in [6.45, 7) is 2.29. The van der Waals surface area contributed by atoms with Crippen LogP contribution in [0.4, 0.5) is 4.39 Å². The summed E-state index contributed by atoms with van der Waals surface area (Å²) < 4.78 is 18.7. The monoisotopic (exact) mass is 474 g/mol. The van der Waals surface area contributed by atoms with Crippen LogP contribution < -0.4 is 4.74 Å². The Morgan fingerprint density at radius 2 is 1.74 bits per heavy atom. The second-order valence-electron chi connectivity index (χ2n) is 9.40. The van der Waals surface area contributed by atoms with Gasteiger partial charge < -0.3 is 14.7 Å². The van der Waals surface area contributed by atoms with Crippen molar-refractivity contribution in [2.45, 2.75) is 30.8 Å². The van der Waals surface area contributed by atoms with Gasteiger partial charge >= 0.3 is 0 Å². The Hall–Kier alpha value is -3.22. The fourth-order valence-electron chi connectivity index (χ4n) is 5.60. The molecule has 0 aliphatic carbocycles. The van der Waals surface area contributed by atoms with Gasteiger partial charge in [-0.15, -0.1) is 0 Å². The number of aliphatic hydroxyl groups excluding tert-OH is 1. The highest BCUT2D eigenvalue weighted by atomic mass is 19.1. The van der Waals surface area contributed by atoms with Crippen LogP contribution in [-0.2, 0) is 0 Å². The summed E-state index contributed by atoms with van der Waals surface area (Å²) >= 11 is 0. The van der Waals surface area contributed by atoms with Crippen molar-refractivity contribution in [1.82, 2.24) is 9.80 Å². The minimum atomic E-state index is -0.345. The number of halogens is 1. The first-order chi connectivity index (χ1) is 17.1. The van der Waals surface area contributed by atoms with E-state index >= 15 is 0 Å². The van der Waals surface area contributed by atoms with Gasteiger partial charge in [-0.25, -0.2) is 4.39 Å². The van der Waals surface area contributed by atoms with E-state index in [1.165, 1.54) is 17.7 Å². The Labute approximate surface area is 205 Å². The first-order valence-corrected chi connectivity index (χ1v) is 12.2. The molecule has 3 aromatic carbocycles. The fourth-order valence-corrected chi connectivity index (χ4v) is 5.60. The molecule has 2 saturated heterocycles. The van der Waals surface area contributed by atoms with E-state index in [1.807, 2.05) is 23.1 Å². The molecule has 0 radical (unpaired) electrons. The third-order valence-corrected chi connectivity index (χ3v) is 7.45. The molecule has 1 N–H and O–H groups in total. The Bertz CT molecular complexity index is 1170. The zero-order chi connectivity index (χ0) is 24.4. The van der Waals surface area contributed by atoms with Crippen LogP contribution in [0.2, 0.25) is 0 Å². The molecule has 0 spiro atoms. The molecule has 2 aliphatic heterocycles. The summed E-state index contributed by atoms with van der Waals surface area (Å²) in [6, 6.07) is 22.5. The molecule has 5 rings (SSSR count). The van der Waals surface area contributed by atoms with Crippen molar-refractivity contribution in [3.05, 3.63) is 89.7 Å². The molecule has 3 aromatic rings. The van der Waals surface area contributed by atoms with Crippen molar-refractivity contribution < 1.29 is 19.0 Å². The van der Waals surface area contributed by atoms with Crippen LogP contribution >= 0.6 is 0 Å². The number of aliphatic hydroxyl groups is 1. The van der Waals surface area contributed by atoms with Gasteiger partial charge in [-0.2, -0.15) is 0 Å². The third-order valence-electron chi connectivity index (χ3n) is 7.45. The largest absolute Gasteiger partial charge is 0.497 e. The third kappa shape index (κ3) is 4.68. The first kappa shape index (κ1) is 23.5. The van der Waals surface area contributed by atoms with Gasteiger partial charge in [0.2, 0.25) is 0 Å². The number of methoxy groups -OCH3 is 1. The molecular formula is C29H31FN2O3. The van der Waals surface area contributed by atoms with Crippen LogP contribution in [-0.4, -0.2) is 66.2 Å². The van der Waals surface area contributed by atoms with Gasteiger partial charge in [-0.1, -0.05) is 36.4 Å².